The van der Waals surface area contributed by atoms with E-state index in [0.717, 1.165) is 0 Å². The van der Waals surface area contributed by atoms with Crippen LogP contribution in [0.4, 0.5) is 5.69 Å². The van der Waals surface area contributed by atoms with Crippen LogP contribution < -0.4 is 14.4 Å². The van der Waals surface area contributed by atoms with Gasteiger partial charge in [0.05, 0.1) is 24.8 Å². The van der Waals surface area contributed by atoms with Crippen molar-refractivity contribution in [3.63, 3.8) is 0 Å². The molecule has 6 heteroatoms. The van der Waals surface area contributed by atoms with Crippen LogP contribution in [0.15, 0.2) is 59.9 Å². The summed E-state index contributed by atoms with van der Waals surface area (Å²) in [4.78, 5) is 27.0. The van der Waals surface area contributed by atoms with E-state index in [1.807, 2.05) is 26.0 Å². The first-order chi connectivity index (χ1) is 14.0. The van der Waals surface area contributed by atoms with Crippen molar-refractivity contribution in [2.75, 3.05) is 18.1 Å². The SMILES string of the molecule is CCOc1ccc(C2C(C(=O)CC)=C(O)C(=O)N2c2cccc(OCC)c2)cc1. The molecule has 0 aromatic heterocycles. The van der Waals surface area contributed by atoms with Crippen molar-refractivity contribution in [1.82, 2.24) is 0 Å². The summed E-state index contributed by atoms with van der Waals surface area (Å²) in [7, 11) is 0. The molecular formula is C23H25NO5. The maximum absolute atomic E-state index is 13.0. The minimum absolute atomic E-state index is 0.114. The second-order valence-corrected chi connectivity index (χ2v) is 6.55. The minimum atomic E-state index is -0.720. The average Bonchev–Trinajstić information content (AvgIpc) is 3.00. The molecule has 1 N–H and O–H groups in total. The highest BCUT2D eigenvalue weighted by Gasteiger charge is 2.43. The van der Waals surface area contributed by atoms with E-state index in [2.05, 4.69) is 0 Å². The van der Waals surface area contributed by atoms with Crippen LogP contribution in [0.2, 0.25) is 0 Å². The number of benzene rings is 2. The van der Waals surface area contributed by atoms with E-state index < -0.39 is 17.7 Å². The Hall–Kier alpha value is -3.28. The molecule has 29 heavy (non-hydrogen) atoms. The molecule has 1 aliphatic rings. The lowest BCUT2D eigenvalue weighted by Gasteiger charge is -2.27. The number of amides is 1. The molecular weight excluding hydrogens is 370 g/mol. The number of carbonyl (C=O) groups is 2. The number of hydrogen-bond donors (Lipinski definition) is 1. The monoisotopic (exact) mass is 395 g/mol. The van der Waals surface area contributed by atoms with E-state index in [-0.39, 0.29) is 17.8 Å². The number of nitrogens with zero attached hydrogens (tertiary/aromatic N) is 1. The molecule has 0 fully saturated rings. The molecule has 2 aromatic carbocycles. The van der Waals surface area contributed by atoms with Crippen molar-refractivity contribution < 1.29 is 24.2 Å². The zero-order chi connectivity index (χ0) is 21.0. The fraction of sp³-hybridized carbons (Fsp3) is 0.304. The molecule has 0 saturated carbocycles. The molecule has 3 rings (SSSR count). The zero-order valence-corrected chi connectivity index (χ0v) is 16.8. The molecule has 2 aromatic rings. The largest absolute Gasteiger partial charge is 0.503 e. The molecule has 1 atom stereocenters. The number of ketones is 1. The lowest BCUT2D eigenvalue weighted by Crippen LogP contribution is -2.31. The number of ether oxygens (including phenoxy) is 2. The summed E-state index contributed by atoms with van der Waals surface area (Å²) in [5.41, 5.74) is 1.37. The molecule has 0 aliphatic carbocycles. The lowest BCUT2D eigenvalue weighted by atomic mass is 9.94. The predicted molar refractivity (Wildman–Crippen MR) is 110 cm³/mol. The molecule has 1 heterocycles. The second kappa shape index (κ2) is 8.82. The van der Waals surface area contributed by atoms with Crippen LogP contribution in [0, 0.1) is 0 Å². The Bertz CT molecular complexity index is 933. The van der Waals surface area contributed by atoms with Gasteiger partial charge in [-0.05, 0) is 43.7 Å². The highest BCUT2D eigenvalue weighted by atomic mass is 16.5. The number of anilines is 1. The Morgan fingerprint density at radius 1 is 1.00 bits per heavy atom. The van der Waals surface area contributed by atoms with Crippen LogP contribution in [-0.4, -0.2) is 30.0 Å². The summed E-state index contributed by atoms with van der Waals surface area (Å²) in [6, 6.07) is 13.5. The molecule has 1 amide bonds. The summed E-state index contributed by atoms with van der Waals surface area (Å²) in [6.45, 7) is 6.51. The van der Waals surface area contributed by atoms with Gasteiger partial charge in [-0.1, -0.05) is 25.1 Å². The van der Waals surface area contributed by atoms with Gasteiger partial charge in [0.1, 0.15) is 11.5 Å². The Morgan fingerprint density at radius 2 is 1.66 bits per heavy atom. The number of Topliss-reactive ketones (excluding diaryl/α,β-unsaturated/α-hetero) is 1. The standard InChI is InChI=1S/C23H25NO5/c1-4-19(25)20-21(15-10-12-17(13-11-15)28-5-2)24(23(27)22(20)26)16-8-7-9-18(14-16)29-6-3/h7-14,21,26H,4-6H2,1-3H3. The smallest absolute Gasteiger partial charge is 0.294 e. The van der Waals surface area contributed by atoms with E-state index in [0.29, 0.717) is 36.0 Å². The van der Waals surface area contributed by atoms with E-state index in [4.69, 9.17) is 9.47 Å². The third-order valence-corrected chi connectivity index (χ3v) is 4.74. The summed E-state index contributed by atoms with van der Waals surface area (Å²) >= 11 is 0. The van der Waals surface area contributed by atoms with Gasteiger partial charge >= 0.3 is 0 Å². The molecule has 6 nitrogen and oxygen atoms in total. The number of carbonyl (C=O) groups excluding carboxylic acids is 2. The van der Waals surface area contributed by atoms with Crippen LogP contribution in [0.1, 0.15) is 38.8 Å². The van der Waals surface area contributed by atoms with Gasteiger partial charge in [0.15, 0.2) is 11.5 Å². The van der Waals surface area contributed by atoms with Crippen LogP contribution in [0.25, 0.3) is 0 Å². The van der Waals surface area contributed by atoms with E-state index in [9.17, 15) is 14.7 Å². The molecule has 1 unspecified atom stereocenters. The van der Waals surface area contributed by atoms with Gasteiger partial charge in [-0.2, -0.15) is 0 Å². The Labute approximate surface area is 170 Å². The van der Waals surface area contributed by atoms with Crippen molar-refractivity contribution in [3.05, 3.63) is 65.4 Å². The van der Waals surface area contributed by atoms with Gasteiger partial charge < -0.3 is 14.6 Å². The van der Waals surface area contributed by atoms with Gasteiger partial charge in [-0.25, -0.2) is 0 Å². The molecule has 1 aliphatic heterocycles. The highest BCUT2D eigenvalue weighted by Crippen LogP contribution is 2.42. The third kappa shape index (κ3) is 3.97. The first-order valence-corrected chi connectivity index (χ1v) is 9.77. The average molecular weight is 395 g/mol. The van der Waals surface area contributed by atoms with E-state index in [1.54, 1.807) is 43.3 Å². The van der Waals surface area contributed by atoms with Gasteiger partial charge in [0.2, 0.25) is 0 Å². The zero-order valence-electron chi connectivity index (χ0n) is 16.8. The molecule has 0 bridgehead atoms. The van der Waals surface area contributed by atoms with Crippen molar-refractivity contribution in [2.24, 2.45) is 0 Å². The first-order valence-electron chi connectivity index (χ1n) is 9.77. The van der Waals surface area contributed by atoms with E-state index in [1.165, 1.54) is 4.90 Å². The summed E-state index contributed by atoms with van der Waals surface area (Å²) in [5, 5.41) is 10.5. The fourth-order valence-electron chi connectivity index (χ4n) is 3.47. The predicted octanol–water partition coefficient (Wildman–Crippen LogP) is 4.36. The number of hydrogen-bond acceptors (Lipinski definition) is 5. The fourth-order valence-corrected chi connectivity index (χ4v) is 3.47. The van der Waals surface area contributed by atoms with Crippen LogP contribution in [0.3, 0.4) is 0 Å². The molecule has 0 saturated heterocycles. The maximum atomic E-state index is 13.0. The van der Waals surface area contributed by atoms with Crippen LogP contribution >= 0.6 is 0 Å². The normalized spacial score (nSPS) is 16.3. The van der Waals surface area contributed by atoms with Gasteiger partial charge in [-0.15, -0.1) is 0 Å². The summed E-state index contributed by atoms with van der Waals surface area (Å²) in [5.74, 6) is -0.0647. The molecule has 0 spiro atoms. The van der Waals surface area contributed by atoms with Crippen molar-refractivity contribution in [3.8, 4) is 11.5 Å². The Morgan fingerprint density at radius 3 is 2.28 bits per heavy atom. The van der Waals surface area contributed by atoms with E-state index >= 15 is 0 Å². The van der Waals surface area contributed by atoms with Crippen molar-refractivity contribution in [1.29, 1.82) is 0 Å². The Balaban J connectivity index is 2.10. The highest BCUT2D eigenvalue weighted by molar-refractivity contribution is 6.16. The maximum Gasteiger partial charge on any atom is 0.294 e. The summed E-state index contributed by atoms with van der Waals surface area (Å²) in [6.07, 6.45) is 0.188. The molecule has 0 radical (unpaired) electrons. The van der Waals surface area contributed by atoms with Crippen molar-refractivity contribution in [2.45, 2.75) is 33.2 Å². The quantitative estimate of drug-likeness (QED) is 0.719. The topological polar surface area (TPSA) is 76.1 Å². The lowest BCUT2D eigenvalue weighted by molar-refractivity contribution is -0.118. The minimum Gasteiger partial charge on any atom is -0.503 e. The summed E-state index contributed by atoms with van der Waals surface area (Å²) < 4.78 is 11.0. The van der Waals surface area contributed by atoms with Crippen LogP contribution in [-0.2, 0) is 9.59 Å². The van der Waals surface area contributed by atoms with Gasteiger partial charge in [0, 0.05) is 18.2 Å². The van der Waals surface area contributed by atoms with Crippen LogP contribution in [0.5, 0.6) is 11.5 Å². The van der Waals surface area contributed by atoms with Gasteiger partial charge in [-0.3, -0.25) is 14.5 Å². The number of aliphatic hydroxyl groups excluding tert-OH is 1. The van der Waals surface area contributed by atoms with Gasteiger partial charge in [0.25, 0.3) is 5.91 Å². The van der Waals surface area contributed by atoms with Crippen molar-refractivity contribution >= 4 is 17.4 Å². The number of rotatable bonds is 8. The number of aliphatic hydroxyl groups is 1. The second-order valence-electron chi connectivity index (χ2n) is 6.55. The Kier molecular flexibility index (Phi) is 6.22. The third-order valence-electron chi connectivity index (χ3n) is 4.74. The first kappa shape index (κ1) is 20.5. The molecule has 152 valence electrons.